The molecule has 7 heteroatoms. The van der Waals surface area contributed by atoms with E-state index in [1.165, 1.54) is 25.0 Å². The summed E-state index contributed by atoms with van der Waals surface area (Å²) in [5.41, 5.74) is 2.80. The molecule has 0 radical (unpaired) electrons. The third kappa shape index (κ3) is 4.86. The van der Waals surface area contributed by atoms with Gasteiger partial charge in [-0.25, -0.2) is 4.79 Å². The van der Waals surface area contributed by atoms with Crippen LogP contribution in [0.1, 0.15) is 28.4 Å². The van der Waals surface area contributed by atoms with E-state index in [2.05, 4.69) is 5.32 Å². The molecule has 0 heterocycles. The van der Waals surface area contributed by atoms with E-state index in [9.17, 15) is 14.4 Å². The summed E-state index contributed by atoms with van der Waals surface area (Å²) in [5.74, 6) is -1.40. The first kappa shape index (κ1) is 20.5. The Morgan fingerprint density at radius 2 is 1.81 bits per heavy atom. The van der Waals surface area contributed by atoms with Crippen LogP contribution in [0.15, 0.2) is 36.4 Å². The van der Waals surface area contributed by atoms with Crippen molar-refractivity contribution >= 4 is 40.8 Å². The van der Waals surface area contributed by atoms with Crippen LogP contribution in [0.2, 0.25) is 5.02 Å². The number of carbonyl (C=O) groups is 3. The number of benzene rings is 2. The molecule has 27 heavy (non-hydrogen) atoms. The van der Waals surface area contributed by atoms with Crippen molar-refractivity contribution in [1.29, 1.82) is 0 Å². The van der Waals surface area contributed by atoms with Gasteiger partial charge in [-0.1, -0.05) is 29.8 Å². The lowest BCUT2D eigenvalue weighted by Gasteiger charge is -2.23. The molecule has 142 valence electrons. The molecule has 2 amide bonds. The van der Waals surface area contributed by atoms with Crippen molar-refractivity contribution < 1.29 is 19.1 Å². The van der Waals surface area contributed by atoms with Crippen LogP contribution >= 0.6 is 11.6 Å². The van der Waals surface area contributed by atoms with Crippen molar-refractivity contribution in [2.75, 3.05) is 23.9 Å². The van der Waals surface area contributed by atoms with E-state index in [0.29, 0.717) is 16.4 Å². The van der Waals surface area contributed by atoms with Gasteiger partial charge in [0.15, 0.2) is 0 Å². The van der Waals surface area contributed by atoms with Gasteiger partial charge in [-0.2, -0.15) is 0 Å². The number of anilines is 2. The summed E-state index contributed by atoms with van der Waals surface area (Å²) in [5, 5.41) is 3.16. The molecule has 0 aliphatic carbocycles. The van der Waals surface area contributed by atoms with E-state index in [1.807, 2.05) is 19.9 Å². The molecule has 0 unspecified atom stereocenters. The van der Waals surface area contributed by atoms with Crippen LogP contribution in [0.25, 0.3) is 0 Å². The summed E-state index contributed by atoms with van der Waals surface area (Å²) in [7, 11) is 1.26. The molecular formula is C20H21ClN2O4. The number of carbonyl (C=O) groups excluding carboxylic acids is 3. The van der Waals surface area contributed by atoms with Gasteiger partial charge in [0.05, 0.1) is 29.1 Å². The number of esters is 1. The van der Waals surface area contributed by atoms with Crippen LogP contribution in [0.5, 0.6) is 0 Å². The molecule has 0 aromatic heterocycles. The Morgan fingerprint density at radius 1 is 1.15 bits per heavy atom. The van der Waals surface area contributed by atoms with Gasteiger partial charge < -0.3 is 15.0 Å². The third-order valence-electron chi connectivity index (χ3n) is 3.98. The lowest BCUT2D eigenvalue weighted by molar-refractivity contribution is -0.120. The SMILES string of the molecule is COC(=O)c1ccccc1N(CC(=O)Nc1c(C)cc(C)cc1Cl)C(C)=O. The molecule has 2 aromatic rings. The second kappa shape index (κ2) is 8.68. The quantitative estimate of drug-likeness (QED) is 0.792. The van der Waals surface area contributed by atoms with E-state index >= 15 is 0 Å². The number of nitrogens with zero attached hydrogens (tertiary/aromatic N) is 1. The zero-order valence-corrected chi connectivity index (χ0v) is 16.4. The Hall–Kier alpha value is -2.86. The van der Waals surface area contributed by atoms with E-state index in [4.69, 9.17) is 16.3 Å². The van der Waals surface area contributed by atoms with Crippen LogP contribution < -0.4 is 10.2 Å². The minimum absolute atomic E-state index is 0.201. The number of ether oxygens (including phenoxy) is 1. The Kier molecular flexibility index (Phi) is 6.58. The average molecular weight is 389 g/mol. The lowest BCUT2D eigenvalue weighted by Crippen LogP contribution is -2.37. The third-order valence-corrected chi connectivity index (χ3v) is 4.28. The van der Waals surface area contributed by atoms with Crippen molar-refractivity contribution in [2.45, 2.75) is 20.8 Å². The maximum atomic E-state index is 12.6. The molecule has 0 atom stereocenters. The number of methoxy groups -OCH3 is 1. The van der Waals surface area contributed by atoms with Gasteiger partial charge in [-0.15, -0.1) is 0 Å². The Bertz CT molecular complexity index is 872. The van der Waals surface area contributed by atoms with Gasteiger partial charge in [-0.3, -0.25) is 9.59 Å². The maximum Gasteiger partial charge on any atom is 0.339 e. The topological polar surface area (TPSA) is 75.7 Å². The van der Waals surface area contributed by atoms with Crippen LogP contribution in [0.4, 0.5) is 11.4 Å². The highest BCUT2D eigenvalue weighted by atomic mass is 35.5. The van der Waals surface area contributed by atoms with Gasteiger partial charge in [0.2, 0.25) is 11.8 Å². The summed E-state index contributed by atoms with van der Waals surface area (Å²) < 4.78 is 4.76. The van der Waals surface area contributed by atoms with Crippen LogP contribution in [0, 0.1) is 13.8 Å². The van der Waals surface area contributed by atoms with Crippen molar-refractivity contribution in [3.63, 3.8) is 0 Å². The van der Waals surface area contributed by atoms with E-state index < -0.39 is 11.9 Å². The highest BCUT2D eigenvalue weighted by Crippen LogP contribution is 2.28. The standard InChI is InChI=1S/C20H21ClN2O4/c1-12-9-13(2)19(16(21)10-12)22-18(25)11-23(14(3)24)17-8-6-5-7-15(17)20(26)27-4/h5-10H,11H2,1-4H3,(H,22,25). The fourth-order valence-electron chi connectivity index (χ4n) is 2.75. The second-order valence-electron chi connectivity index (χ2n) is 6.10. The van der Waals surface area contributed by atoms with Gasteiger partial charge in [-0.05, 0) is 43.2 Å². The molecule has 0 aliphatic heterocycles. The number of halogens is 1. The number of rotatable bonds is 5. The number of aryl methyl sites for hydroxylation is 2. The summed E-state index contributed by atoms with van der Waals surface area (Å²) in [4.78, 5) is 37.9. The number of nitrogens with one attached hydrogen (secondary N) is 1. The zero-order valence-electron chi connectivity index (χ0n) is 15.6. The summed E-state index contributed by atoms with van der Waals surface area (Å²) in [6.07, 6.45) is 0. The molecular weight excluding hydrogens is 368 g/mol. The Labute approximate surface area is 163 Å². The molecule has 0 aliphatic rings. The van der Waals surface area contributed by atoms with Crippen molar-refractivity contribution in [2.24, 2.45) is 0 Å². The minimum Gasteiger partial charge on any atom is -0.465 e. The highest BCUT2D eigenvalue weighted by molar-refractivity contribution is 6.34. The number of amides is 2. The number of para-hydroxylation sites is 1. The number of hydrogen-bond acceptors (Lipinski definition) is 4. The van der Waals surface area contributed by atoms with Crippen LogP contribution in [0.3, 0.4) is 0 Å². The monoisotopic (exact) mass is 388 g/mol. The molecule has 0 saturated carbocycles. The molecule has 6 nitrogen and oxygen atoms in total. The molecule has 0 fully saturated rings. The first-order valence-corrected chi connectivity index (χ1v) is 8.64. The normalized spacial score (nSPS) is 10.3. The van der Waals surface area contributed by atoms with Crippen LogP contribution in [-0.4, -0.2) is 31.4 Å². The molecule has 0 saturated heterocycles. The largest absolute Gasteiger partial charge is 0.465 e. The predicted molar refractivity (Wildman–Crippen MR) is 105 cm³/mol. The highest BCUT2D eigenvalue weighted by Gasteiger charge is 2.22. The van der Waals surface area contributed by atoms with E-state index in [0.717, 1.165) is 11.1 Å². The molecule has 0 spiro atoms. The number of hydrogen-bond donors (Lipinski definition) is 1. The average Bonchev–Trinajstić information content (AvgIpc) is 2.61. The Balaban J connectivity index is 2.29. The molecule has 2 rings (SSSR count). The van der Waals surface area contributed by atoms with Crippen LogP contribution in [-0.2, 0) is 14.3 Å². The summed E-state index contributed by atoms with van der Waals surface area (Å²) >= 11 is 6.22. The van der Waals surface area contributed by atoms with Gasteiger partial charge in [0.25, 0.3) is 0 Å². The Morgan fingerprint density at radius 3 is 2.41 bits per heavy atom. The summed E-state index contributed by atoms with van der Waals surface area (Å²) in [6, 6.07) is 10.1. The molecule has 1 N–H and O–H groups in total. The van der Waals surface area contributed by atoms with E-state index in [-0.39, 0.29) is 18.0 Å². The summed E-state index contributed by atoms with van der Waals surface area (Å²) in [6.45, 7) is 4.80. The van der Waals surface area contributed by atoms with Crippen molar-refractivity contribution in [3.8, 4) is 0 Å². The first-order valence-electron chi connectivity index (χ1n) is 8.26. The second-order valence-corrected chi connectivity index (χ2v) is 6.51. The van der Waals surface area contributed by atoms with E-state index in [1.54, 1.807) is 24.3 Å². The predicted octanol–water partition coefficient (Wildman–Crippen LogP) is 3.74. The van der Waals surface area contributed by atoms with Crippen molar-refractivity contribution in [3.05, 3.63) is 58.1 Å². The molecule has 2 aromatic carbocycles. The van der Waals surface area contributed by atoms with Gasteiger partial charge in [0, 0.05) is 6.92 Å². The smallest absolute Gasteiger partial charge is 0.339 e. The lowest BCUT2D eigenvalue weighted by atomic mass is 10.1. The van der Waals surface area contributed by atoms with Gasteiger partial charge in [0.1, 0.15) is 6.54 Å². The fraction of sp³-hybridized carbons (Fsp3) is 0.250. The maximum absolute atomic E-state index is 12.6. The van der Waals surface area contributed by atoms with Gasteiger partial charge >= 0.3 is 5.97 Å². The zero-order chi connectivity index (χ0) is 20.1. The minimum atomic E-state index is -0.588. The first-order chi connectivity index (χ1) is 12.7. The molecule has 0 bridgehead atoms. The fourth-order valence-corrected chi connectivity index (χ4v) is 3.12. The van der Waals surface area contributed by atoms with Crippen molar-refractivity contribution in [1.82, 2.24) is 0 Å².